The average Bonchev–Trinajstić information content (AvgIpc) is 3.08. The van der Waals surface area contributed by atoms with E-state index in [2.05, 4.69) is 5.32 Å². The zero-order chi connectivity index (χ0) is 17.4. The highest BCUT2D eigenvalue weighted by Gasteiger charge is 2.27. The summed E-state index contributed by atoms with van der Waals surface area (Å²) in [7, 11) is 0. The molecule has 1 atom stereocenters. The van der Waals surface area contributed by atoms with Crippen molar-refractivity contribution in [1.29, 1.82) is 0 Å². The van der Waals surface area contributed by atoms with E-state index in [1.807, 2.05) is 49.1 Å². The highest BCUT2D eigenvalue weighted by atomic mass is 16.5. The quantitative estimate of drug-likeness (QED) is 0.793. The van der Waals surface area contributed by atoms with Crippen molar-refractivity contribution in [2.24, 2.45) is 0 Å². The monoisotopic (exact) mass is 332 g/mol. The number of hydrogen-bond acceptors (Lipinski definition) is 3. The molecule has 1 fully saturated rings. The maximum absolute atomic E-state index is 12.7. The van der Waals surface area contributed by atoms with Gasteiger partial charge in [-0.15, -0.1) is 0 Å². The molecule has 1 aliphatic heterocycles. The van der Waals surface area contributed by atoms with E-state index in [-0.39, 0.29) is 24.3 Å². The second kappa shape index (κ2) is 9.42. The third-order valence-electron chi connectivity index (χ3n) is 4.11. The molecule has 1 aromatic rings. The largest absolute Gasteiger partial charge is 0.378 e. The van der Waals surface area contributed by atoms with E-state index in [9.17, 15) is 9.59 Å². The molecule has 0 spiro atoms. The van der Waals surface area contributed by atoms with Gasteiger partial charge in [-0.05, 0) is 32.3 Å². The summed E-state index contributed by atoms with van der Waals surface area (Å²) in [5.74, 6) is -0.112. The van der Waals surface area contributed by atoms with Gasteiger partial charge in [0.1, 0.15) is 6.04 Å². The molecule has 1 heterocycles. The molecule has 0 saturated carbocycles. The van der Waals surface area contributed by atoms with Crippen LogP contribution < -0.4 is 5.32 Å². The highest BCUT2D eigenvalue weighted by molar-refractivity contribution is 5.88. The summed E-state index contributed by atoms with van der Waals surface area (Å²) < 4.78 is 5.42. The molecule has 1 aromatic carbocycles. The third kappa shape index (κ3) is 5.96. The van der Waals surface area contributed by atoms with E-state index in [1.54, 1.807) is 0 Å². The van der Waals surface area contributed by atoms with Crippen molar-refractivity contribution >= 4 is 11.8 Å². The van der Waals surface area contributed by atoms with Crippen LogP contribution in [0.25, 0.3) is 0 Å². The zero-order valence-corrected chi connectivity index (χ0v) is 14.7. The first-order chi connectivity index (χ1) is 11.6. The van der Waals surface area contributed by atoms with Gasteiger partial charge in [-0.2, -0.15) is 0 Å². The van der Waals surface area contributed by atoms with Crippen molar-refractivity contribution in [3.05, 3.63) is 35.9 Å². The first-order valence-electron chi connectivity index (χ1n) is 8.80. The SMILES string of the molecule is CC(C)OCCC(=O)NC(Cc1ccccc1)C(=O)N1CCCC1. The maximum atomic E-state index is 12.7. The number of amides is 2. The molecule has 24 heavy (non-hydrogen) atoms. The Hall–Kier alpha value is -1.88. The fourth-order valence-corrected chi connectivity index (χ4v) is 2.86. The predicted molar refractivity (Wildman–Crippen MR) is 93.6 cm³/mol. The molecule has 132 valence electrons. The smallest absolute Gasteiger partial charge is 0.245 e. The van der Waals surface area contributed by atoms with E-state index >= 15 is 0 Å². The number of likely N-dealkylation sites (tertiary alicyclic amines) is 1. The minimum absolute atomic E-state index is 0.0227. The molecule has 1 saturated heterocycles. The minimum Gasteiger partial charge on any atom is -0.378 e. The molecule has 0 radical (unpaired) electrons. The van der Waals surface area contributed by atoms with Gasteiger partial charge in [0, 0.05) is 25.9 Å². The van der Waals surface area contributed by atoms with Crippen LogP contribution in [0, 0.1) is 0 Å². The molecule has 1 N–H and O–H groups in total. The van der Waals surface area contributed by atoms with Gasteiger partial charge in [-0.3, -0.25) is 9.59 Å². The third-order valence-corrected chi connectivity index (χ3v) is 4.11. The summed E-state index contributed by atoms with van der Waals surface area (Å²) in [6, 6.07) is 9.31. The number of nitrogens with zero attached hydrogens (tertiary/aromatic N) is 1. The predicted octanol–water partition coefficient (Wildman–Crippen LogP) is 2.15. The highest BCUT2D eigenvalue weighted by Crippen LogP contribution is 2.12. The van der Waals surface area contributed by atoms with E-state index in [4.69, 9.17) is 4.74 Å². The van der Waals surface area contributed by atoms with Crippen LogP contribution in [0.15, 0.2) is 30.3 Å². The van der Waals surface area contributed by atoms with Crippen LogP contribution in [0.5, 0.6) is 0 Å². The lowest BCUT2D eigenvalue weighted by Crippen LogP contribution is -2.49. The summed E-state index contributed by atoms with van der Waals surface area (Å²) in [4.78, 5) is 26.8. The first kappa shape index (κ1) is 18.5. The fourth-order valence-electron chi connectivity index (χ4n) is 2.86. The van der Waals surface area contributed by atoms with Gasteiger partial charge in [-0.1, -0.05) is 30.3 Å². The molecule has 0 aliphatic carbocycles. The topological polar surface area (TPSA) is 58.6 Å². The van der Waals surface area contributed by atoms with Crippen LogP contribution in [0.1, 0.15) is 38.7 Å². The van der Waals surface area contributed by atoms with Gasteiger partial charge < -0.3 is 15.0 Å². The second-order valence-electron chi connectivity index (χ2n) is 6.51. The van der Waals surface area contributed by atoms with Crippen molar-refractivity contribution in [1.82, 2.24) is 10.2 Å². The molecule has 2 amide bonds. The number of nitrogens with one attached hydrogen (secondary N) is 1. The number of benzene rings is 1. The number of carbonyl (C=O) groups is 2. The Morgan fingerprint density at radius 1 is 1.17 bits per heavy atom. The lowest BCUT2D eigenvalue weighted by Gasteiger charge is -2.24. The van der Waals surface area contributed by atoms with E-state index in [0.717, 1.165) is 31.5 Å². The van der Waals surface area contributed by atoms with Crippen LogP contribution in [0.2, 0.25) is 0 Å². The first-order valence-corrected chi connectivity index (χ1v) is 8.80. The number of carbonyl (C=O) groups excluding carboxylic acids is 2. The van der Waals surface area contributed by atoms with E-state index < -0.39 is 6.04 Å². The normalized spacial score (nSPS) is 15.5. The minimum atomic E-state index is -0.503. The molecule has 1 unspecified atom stereocenters. The standard InChI is InChI=1S/C19H28N2O3/c1-15(2)24-13-10-18(22)20-17(14-16-8-4-3-5-9-16)19(23)21-11-6-7-12-21/h3-5,8-9,15,17H,6-7,10-14H2,1-2H3,(H,20,22). The molecular formula is C19H28N2O3. The number of hydrogen-bond donors (Lipinski definition) is 1. The summed E-state index contributed by atoms with van der Waals surface area (Å²) in [6.45, 7) is 5.83. The van der Waals surface area contributed by atoms with E-state index in [1.165, 1.54) is 0 Å². The lowest BCUT2D eigenvalue weighted by molar-refractivity contribution is -0.135. The molecule has 0 aromatic heterocycles. The van der Waals surface area contributed by atoms with Gasteiger partial charge in [0.25, 0.3) is 0 Å². The lowest BCUT2D eigenvalue weighted by atomic mass is 10.0. The Balaban J connectivity index is 1.96. The van der Waals surface area contributed by atoms with Crippen molar-refractivity contribution in [2.45, 2.75) is 51.7 Å². The summed E-state index contributed by atoms with van der Waals surface area (Å²) in [5.41, 5.74) is 1.05. The van der Waals surface area contributed by atoms with Crippen molar-refractivity contribution < 1.29 is 14.3 Å². The molecular weight excluding hydrogens is 304 g/mol. The maximum Gasteiger partial charge on any atom is 0.245 e. The van der Waals surface area contributed by atoms with Gasteiger partial charge in [0.15, 0.2) is 0 Å². The second-order valence-corrected chi connectivity index (χ2v) is 6.51. The Morgan fingerprint density at radius 3 is 2.46 bits per heavy atom. The molecule has 1 aliphatic rings. The van der Waals surface area contributed by atoms with Gasteiger partial charge in [0.2, 0.25) is 11.8 Å². The van der Waals surface area contributed by atoms with Gasteiger partial charge in [0.05, 0.1) is 12.7 Å². The van der Waals surface area contributed by atoms with E-state index in [0.29, 0.717) is 13.0 Å². The Labute approximate surface area is 144 Å². The van der Waals surface area contributed by atoms with Crippen molar-refractivity contribution in [2.75, 3.05) is 19.7 Å². The summed E-state index contributed by atoms with van der Waals surface area (Å²) in [6.07, 6.45) is 2.98. The van der Waals surface area contributed by atoms with Crippen LogP contribution in [-0.4, -0.2) is 48.6 Å². The van der Waals surface area contributed by atoms with Crippen LogP contribution >= 0.6 is 0 Å². The van der Waals surface area contributed by atoms with Crippen LogP contribution in [0.3, 0.4) is 0 Å². The van der Waals surface area contributed by atoms with Crippen LogP contribution in [-0.2, 0) is 20.7 Å². The molecule has 0 bridgehead atoms. The molecule has 5 heteroatoms. The summed E-state index contributed by atoms with van der Waals surface area (Å²) in [5, 5.41) is 2.91. The molecule has 5 nitrogen and oxygen atoms in total. The van der Waals surface area contributed by atoms with Gasteiger partial charge in [-0.25, -0.2) is 0 Å². The number of rotatable bonds is 8. The fraction of sp³-hybridized carbons (Fsp3) is 0.579. The molecule has 2 rings (SSSR count). The zero-order valence-electron chi connectivity index (χ0n) is 14.7. The summed E-state index contributed by atoms with van der Waals surface area (Å²) >= 11 is 0. The number of ether oxygens (including phenoxy) is 1. The van der Waals surface area contributed by atoms with Gasteiger partial charge >= 0.3 is 0 Å². The average molecular weight is 332 g/mol. The van der Waals surface area contributed by atoms with Crippen molar-refractivity contribution in [3.8, 4) is 0 Å². The Bertz CT molecular complexity index is 525. The van der Waals surface area contributed by atoms with Crippen LogP contribution in [0.4, 0.5) is 0 Å². The Kier molecular flexibility index (Phi) is 7.25. The van der Waals surface area contributed by atoms with Crippen molar-refractivity contribution in [3.63, 3.8) is 0 Å². The Morgan fingerprint density at radius 2 is 1.83 bits per heavy atom.